The maximum absolute atomic E-state index is 3.09. The summed E-state index contributed by atoms with van der Waals surface area (Å²) in [4.78, 5) is 0. The molecule has 0 spiro atoms. The van der Waals surface area contributed by atoms with Crippen molar-refractivity contribution < 1.29 is 0 Å². The van der Waals surface area contributed by atoms with Crippen molar-refractivity contribution in [2.24, 2.45) is 5.92 Å². The summed E-state index contributed by atoms with van der Waals surface area (Å²) in [5.74, 6) is 12.4. The van der Waals surface area contributed by atoms with Crippen molar-refractivity contribution in [2.45, 2.75) is 33.6 Å². The third-order valence-corrected chi connectivity index (χ3v) is 1.27. The fraction of sp³-hybridized carbons (Fsp3) is 0.600. The zero-order valence-corrected chi connectivity index (χ0v) is 6.99. The molecule has 0 amide bonds. The van der Waals surface area contributed by atoms with Crippen molar-refractivity contribution in [3.8, 4) is 23.7 Å². The molecular formula is C10H14. The largest absolute Gasteiger partial charge is 0.107 e. The van der Waals surface area contributed by atoms with Crippen LogP contribution in [-0.2, 0) is 0 Å². The van der Waals surface area contributed by atoms with Crippen molar-refractivity contribution in [3.05, 3.63) is 0 Å². The molecule has 0 nitrogen and oxygen atoms in total. The smallest absolute Gasteiger partial charge is 0.0183 e. The fourth-order valence-electron chi connectivity index (χ4n) is 0.732. The molecule has 0 aliphatic heterocycles. The van der Waals surface area contributed by atoms with Crippen LogP contribution in [0.25, 0.3) is 0 Å². The Balaban J connectivity index is 3.42. The summed E-state index contributed by atoms with van der Waals surface area (Å²) in [5.41, 5.74) is 0. The zero-order valence-electron chi connectivity index (χ0n) is 6.99. The maximum Gasteiger partial charge on any atom is 0.0183 e. The van der Waals surface area contributed by atoms with E-state index in [9.17, 15) is 0 Å². The Morgan fingerprint density at radius 3 is 2.40 bits per heavy atom. The minimum atomic E-state index is 0.505. The summed E-state index contributed by atoms with van der Waals surface area (Å²) in [6, 6.07) is 0. The van der Waals surface area contributed by atoms with Gasteiger partial charge in [0.05, 0.1) is 0 Å². The number of hydrogen-bond acceptors (Lipinski definition) is 0. The summed E-state index contributed by atoms with van der Waals surface area (Å²) in [6.07, 6.45) is 2.08. The van der Waals surface area contributed by atoms with E-state index in [-0.39, 0.29) is 0 Å². The lowest BCUT2D eigenvalue weighted by Gasteiger charge is -1.96. The van der Waals surface area contributed by atoms with Crippen molar-refractivity contribution >= 4 is 0 Å². The van der Waals surface area contributed by atoms with Gasteiger partial charge in [0.1, 0.15) is 0 Å². The van der Waals surface area contributed by atoms with Crippen LogP contribution >= 0.6 is 0 Å². The van der Waals surface area contributed by atoms with Gasteiger partial charge in [-0.2, -0.15) is 0 Å². The first-order valence-corrected chi connectivity index (χ1v) is 3.63. The highest BCUT2D eigenvalue weighted by molar-refractivity contribution is 5.02. The van der Waals surface area contributed by atoms with E-state index in [1.165, 1.54) is 0 Å². The minimum Gasteiger partial charge on any atom is -0.107 e. The van der Waals surface area contributed by atoms with E-state index in [1.807, 2.05) is 13.8 Å². The van der Waals surface area contributed by atoms with E-state index in [0.717, 1.165) is 12.8 Å². The quantitative estimate of drug-likeness (QED) is 0.509. The van der Waals surface area contributed by atoms with Gasteiger partial charge in [0.25, 0.3) is 0 Å². The summed E-state index contributed by atoms with van der Waals surface area (Å²) in [7, 11) is 0. The van der Waals surface area contributed by atoms with E-state index >= 15 is 0 Å². The molecule has 54 valence electrons. The monoisotopic (exact) mass is 134 g/mol. The van der Waals surface area contributed by atoms with Crippen molar-refractivity contribution in [1.29, 1.82) is 0 Å². The fourth-order valence-corrected chi connectivity index (χ4v) is 0.732. The van der Waals surface area contributed by atoms with Crippen LogP contribution in [0, 0.1) is 29.6 Å². The molecule has 10 heavy (non-hydrogen) atoms. The summed E-state index contributed by atoms with van der Waals surface area (Å²) in [5, 5.41) is 0. The average molecular weight is 134 g/mol. The van der Waals surface area contributed by atoms with Crippen molar-refractivity contribution in [1.82, 2.24) is 0 Å². The second kappa shape index (κ2) is 6.24. The lowest BCUT2D eigenvalue weighted by molar-refractivity contribution is 0.687. The van der Waals surface area contributed by atoms with Crippen LogP contribution < -0.4 is 0 Å². The highest BCUT2D eigenvalue weighted by Crippen LogP contribution is 2.01. The number of hydrogen-bond donors (Lipinski definition) is 0. The van der Waals surface area contributed by atoms with Crippen LogP contribution in [0.3, 0.4) is 0 Å². The molecule has 0 aromatic rings. The third-order valence-electron chi connectivity index (χ3n) is 1.27. The Kier molecular flexibility index (Phi) is 5.69. The summed E-state index contributed by atoms with van der Waals surface area (Å²) < 4.78 is 0. The molecule has 0 saturated carbocycles. The van der Waals surface area contributed by atoms with Crippen molar-refractivity contribution in [3.63, 3.8) is 0 Å². The normalized spacial score (nSPS) is 10.3. The van der Waals surface area contributed by atoms with Gasteiger partial charge >= 0.3 is 0 Å². The third kappa shape index (κ3) is 5.26. The van der Waals surface area contributed by atoms with Crippen molar-refractivity contribution in [2.75, 3.05) is 0 Å². The Hall–Kier alpha value is -0.880. The molecule has 0 bridgehead atoms. The Labute approximate surface area is 64.0 Å². The van der Waals surface area contributed by atoms with Gasteiger partial charge < -0.3 is 0 Å². The molecule has 0 N–H and O–H groups in total. The molecule has 0 rings (SSSR count). The van der Waals surface area contributed by atoms with Crippen LogP contribution in [0.4, 0.5) is 0 Å². The summed E-state index contributed by atoms with van der Waals surface area (Å²) in [6.45, 7) is 5.88. The van der Waals surface area contributed by atoms with Gasteiger partial charge in [0, 0.05) is 12.3 Å². The highest BCUT2D eigenvalue weighted by Gasteiger charge is 1.92. The maximum atomic E-state index is 3.09. The van der Waals surface area contributed by atoms with Gasteiger partial charge in [-0.15, -0.1) is 23.7 Å². The molecule has 1 unspecified atom stereocenters. The lowest BCUT2D eigenvalue weighted by atomic mass is 10.1. The molecular weight excluding hydrogens is 120 g/mol. The molecule has 0 heteroatoms. The molecule has 0 aromatic heterocycles. The van der Waals surface area contributed by atoms with Gasteiger partial charge in [-0.3, -0.25) is 0 Å². The van der Waals surface area contributed by atoms with E-state index in [1.54, 1.807) is 0 Å². The van der Waals surface area contributed by atoms with Gasteiger partial charge in [0.15, 0.2) is 0 Å². The molecule has 0 aliphatic carbocycles. The average Bonchev–Trinajstić information content (AvgIpc) is 1.89. The molecule has 0 aromatic carbocycles. The molecule has 0 aliphatic rings. The first-order chi connectivity index (χ1) is 4.81. The van der Waals surface area contributed by atoms with E-state index in [4.69, 9.17) is 0 Å². The Morgan fingerprint density at radius 1 is 1.20 bits per heavy atom. The lowest BCUT2D eigenvalue weighted by Crippen LogP contribution is -1.87. The predicted molar refractivity (Wildman–Crippen MR) is 45.3 cm³/mol. The van der Waals surface area contributed by atoms with Crippen LogP contribution in [0.15, 0.2) is 0 Å². The summed E-state index contributed by atoms with van der Waals surface area (Å²) >= 11 is 0. The van der Waals surface area contributed by atoms with Gasteiger partial charge in [-0.25, -0.2) is 0 Å². The Bertz CT molecular complexity index is 180. The topological polar surface area (TPSA) is 0 Å². The van der Waals surface area contributed by atoms with E-state index in [2.05, 4.69) is 30.6 Å². The van der Waals surface area contributed by atoms with E-state index in [0.29, 0.717) is 5.92 Å². The zero-order chi connectivity index (χ0) is 7.82. The molecule has 0 fully saturated rings. The highest BCUT2D eigenvalue weighted by atomic mass is 14.0. The van der Waals surface area contributed by atoms with E-state index < -0.39 is 0 Å². The molecule has 1 atom stereocenters. The molecule has 0 radical (unpaired) electrons. The first-order valence-electron chi connectivity index (χ1n) is 3.63. The van der Waals surface area contributed by atoms with Gasteiger partial charge in [0.2, 0.25) is 0 Å². The molecule has 0 saturated heterocycles. The molecule has 0 heterocycles. The van der Waals surface area contributed by atoms with Crippen LogP contribution in [0.1, 0.15) is 33.6 Å². The Morgan fingerprint density at radius 2 is 1.90 bits per heavy atom. The second-order valence-corrected chi connectivity index (χ2v) is 2.26. The SMILES string of the molecule is CC#CCCC(C)C#CC. The van der Waals surface area contributed by atoms with Crippen LogP contribution in [0.2, 0.25) is 0 Å². The minimum absolute atomic E-state index is 0.505. The predicted octanol–water partition coefficient (Wildman–Crippen LogP) is 2.45. The van der Waals surface area contributed by atoms with Gasteiger partial charge in [-0.1, -0.05) is 6.92 Å². The van der Waals surface area contributed by atoms with Crippen LogP contribution in [-0.4, -0.2) is 0 Å². The van der Waals surface area contributed by atoms with Crippen LogP contribution in [0.5, 0.6) is 0 Å². The first kappa shape index (κ1) is 9.12. The standard InChI is InChI=1S/C10H14/c1-4-6-7-9-10(3)8-5-2/h10H,7,9H2,1-3H3. The van der Waals surface area contributed by atoms with Gasteiger partial charge in [-0.05, 0) is 20.3 Å². The number of rotatable bonds is 2. The second-order valence-electron chi connectivity index (χ2n) is 2.26.